The minimum atomic E-state index is 0.661. The Bertz CT molecular complexity index is 803. The molecular weight excluding hydrogens is 423 g/mol. The van der Waals surface area contributed by atoms with Crippen LogP contribution in [0, 0.1) is 0 Å². The highest BCUT2D eigenvalue weighted by Gasteiger charge is 2.18. The number of anilines is 2. The van der Waals surface area contributed by atoms with E-state index in [4.69, 9.17) is 34.7 Å². The molecule has 172 valence electrons. The van der Waals surface area contributed by atoms with E-state index in [0.29, 0.717) is 17.8 Å². The molecule has 0 bridgehead atoms. The molecule has 0 radical (unpaired) electrons. The molecule has 4 N–H and O–H groups in total. The van der Waals surface area contributed by atoms with Crippen molar-refractivity contribution in [3.63, 3.8) is 0 Å². The number of unbranched alkanes of at least 4 members (excludes halogenated alkanes) is 2. The van der Waals surface area contributed by atoms with Gasteiger partial charge in [-0.3, -0.25) is 0 Å². The fourth-order valence-corrected chi connectivity index (χ4v) is 5.03. The molecule has 2 nitrogen and oxygen atoms in total. The van der Waals surface area contributed by atoms with Crippen molar-refractivity contribution in [1.29, 1.82) is 0 Å². The summed E-state index contributed by atoms with van der Waals surface area (Å²) in [6, 6.07) is 4.53. The van der Waals surface area contributed by atoms with Crippen molar-refractivity contribution in [3.05, 3.63) is 55.6 Å². The first kappa shape index (κ1) is 25.9. The van der Waals surface area contributed by atoms with Gasteiger partial charge in [0.25, 0.3) is 0 Å². The third-order valence-corrected chi connectivity index (χ3v) is 7.01. The predicted octanol–water partition coefficient (Wildman–Crippen LogP) is 8.34. The molecule has 0 aliphatic heterocycles. The lowest BCUT2D eigenvalue weighted by Crippen LogP contribution is -2.08. The molecule has 0 saturated heterocycles. The van der Waals surface area contributed by atoms with Crippen LogP contribution in [0.15, 0.2) is 12.1 Å². The number of nitrogen functional groups attached to an aromatic ring is 2. The number of rotatable bonds is 12. The van der Waals surface area contributed by atoms with Crippen LogP contribution in [0.25, 0.3) is 0 Å². The summed E-state index contributed by atoms with van der Waals surface area (Å²) in [5, 5.41) is 1.45. The molecule has 2 aromatic carbocycles. The number of aryl methyl sites for hydroxylation is 2. The molecule has 0 aliphatic rings. The van der Waals surface area contributed by atoms with E-state index < -0.39 is 0 Å². The Labute approximate surface area is 199 Å². The summed E-state index contributed by atoms with van der Waals surface area (Å²) in [6.45, 7) is 8.81. The summed E-state index contributed by atoms with van der Waals surface area (Å²) in [4.78, 5) is 0. The third kappa shape index (κ3) is 6.33. The second-order valence-corrected chi connectivity index (χ2v) is 9.44. The molecule has 2 aromatic rings. The molecule has 0 aliphatic carbocycles. The monoisotopic (exact) mass is 462 g/mol. The topological polar surface area (TPSA) is 52.0 Å². The van der Waals surface area contributed by atoms with E-state index in [1.54, 1.807) is 0 Å². The second-order valence-electron chi connectivity index (χ2n) is 8.69. The molecule has 0 saturated carbocycles. The minimum absolute atomic E-state index is 0.661. The van der Waals surface area contributed by atoms with Crippen LogP contribution in [-0.2, 0) is 32.1 Å². The quantitative estimate of drug-likeness (QED) is 0.311. The number of hydrogen-bond acceptors (Lipinski definition) is 2. The number of nitrogens with two attached hydrogens (primary N) is 2. The van der Waals surface area contributed by atoms with Gasteiger partial charge < -0.3 is 11.5 Å². The van der Waals surface area contributed by atoms with Gasteiger partial charge in [-0.2, -0.15) is 0 Å². The smallest absolute Gasteiger partial charge is 0.0673 e. The number of benzene rings is 2. The molecule has 0 amide bonds. The van der Waals surface area contributed by atoms with Gasteiger partial charge in [0.1, 0.15) is 0 Å². The Balaban J connectivity index is 2.53. The maximum atomic E-state index is 6.78. The van der Waals surface area contributed by atoms with E-state index in [0.717, 1.165) is 85.4 Å². The molecule has 0 spiro atoms. The molecule has 0 atom stereocenters. The van der Waals surface area contributed by atoms with Crippen molar-refractivity contribution in [3.8, 4) is 0 Å². The number of halogens is 2. The zero-order valence-corrected chi connectivity index (χ0v) is 21.4. The summed E-state index contributed by atoms with van der Waals surface area (Å²) in [6.07, 6.45) is 11.4. The van der Waals surface area contributed by atoms with Crippen LogP contribution in [-0.4, -0.2) is 0 Å². The van der Waals surface area contributed by atoms with Gasteiger partial charge in [-0.25, -0.2) is 0 Å². The Kier molecular flexibility index (Phi) is 10.5. The standard InChI is InChI=1S/C27H40Cl2N2/c1-5-9-13-18-15-20(26(30)24(28)22(18)11-7-3)17-21-16-19(14-10-6-2)23(12-8-4)25(29)27(21)31/h15-16H,5-14,17,30-31H2,1-4H3. The minimum Gasteiger partial charge on any atom is -0.397 e. The third-order valence-electron chi connectivity index (χ3n) is 6.15. The van der Waals surface area contributed by atoms with Crippen molar-refractivity contribution < 1.29 is 0 Å². The van der Waals surface area contributed by atoms with E-state index in [1.165, 1.54) is 22.3 Å². The molecule has 0 fully saturated rings. The van der Waals surface area contributed by atoms with E-state index in [1.807, 2.05) is 0 Å². The fourth-order valence-electron chi connectivity index (χ4n) is 4.36. The molecule has 2 rings (SSSR count). The largest absolute Gasteiger partial charge is 0.397 e. The summed E-state index contributed by atoms with van der Waals surface area (Å²) in [7, 11) is 0. The second kappa shape index (κ2) is 12.6. The van der Waals surface area contributed by atoms with Crippen molar-refractivity contribution in [2.24, 2.45) is 0 Å². The summed E-state index contributed by atoms with van der Waals surface area (Å²) < 4.78 is 0. The zero-order valence-electron chi connectivity index (χ0n) is 19.8. The van der Waals surface area contributed by atoms with Crippen molar-refractivity contribution in [2.75, 3.05) is 11.5 Å². The van der Waals surface area contributed by atoms with Gasteiger partial charge >= 0.3 is 0 Å². The van der Waals surface area contributed by atoms with Gasteiger partial charge in [0.2, 0.25) is 0 Å². The molecule has 0 unspecified atom stereocenters. The Morgan fingerprint density at radius 3 is 1.29 bits per heavy atom. The zero-order chi connectivity index (χ0) is 23.0. The van der Waals surface area contributed by atoms with Crippen LogP contribution in [0.1, 0.15) is 99.6 Å². The van der Waals surface area contributed by atoms with Gasteiger partial charge in [0, 0.05) is 6.42 Å². The van der Waals surface area contributed by atoms with E-state index >= 15 is 0 Å². The summed E-state index contributed by atoms with van der Waals surface area (Å²) >= 11 is 13.6. The Morgan fingerprint density at radius 2 is 0.968 bits per heavy atom. The van der Waals surface area contributed by atoms with Crippen LogP contribution in [0.3, 0.4) is 0 Å². The fraction of sp³-hybridized carbons (Fsp3) is 0.556. The SMILES string of the molecule is CCCCc1cc(Cc2cc(CCCC)c(CCC)c(Cl)c2N)c(N)c(Cl)c1CCC. The average Bonchev–Trinajstić information content (AvgIpc) is 2.76. The lowest BCUT2D eigenvalue weighted by Gasteiger charge is -2.20. The van der Waals surface area contributed by atoms with Gasteiger partial charge in [0.05, 0.1) is 21.4 Å². The number of hydrogen-bond donors (Lipinski definition) is 2. The highest BCUT2D eigenvalue weighted by Crippen LogP contribution is 2.37. The van der Waals surface area contributed by atoms with Gasteiger partial charge in [0.15, 0.2) is 0 Å². The van der Waals surface area contributed by atoms with Crippen LogP contribution in [0.2, 0.25) is 10.0 Å². The van der Waals surface area contributed by atoms with E-state index in [-0.39, 0.29) is 0 Å². The lowest BCUT2D eigenvalue weighted by molar-refractivity contribution is 0.778. The van der Waals surface area contributed by atoms with Gasteiger partial charge in [-0.15, -0.1) is 0 Å². The van der Waals surface area contributed by atoms with Crippen molar-refractivity contribution in [1.82, 2.24) is 0 Å². The maximum absolute atomic E-state index is 6.78. The van der Waals surface area contributed by atoms with Crippen LogP contribution in [0.5, 0.6) is 0 Å². The average molecular weight is 464 g/mol. The molecular formula is C27H40Cl2N2. The van der Waals surface area contributed by atoms with Crippen molar-refractivity contribution in [2.45, 2.75) is 98.3 Å². The van der Waals surface area contributed by atoms with Gasteiger partial charge in [-0.1, -0.05) is 88.7 Å². The van der Waals surface area contributed by atoms with E-state index in [2.05, 4.69) is 39.8 Å². The van der Waals surface area contributed by atoms with E-state index in [9.17, 15) is 0 Å². The molecule has 31 heavy (non-hydrogen) atoms. The first-order valence-corrected chi connectivity index (χ1v) is 12.8. The summed E-state index contributed by atoms with van der Waals surface area (Å²) in [5.41, 5.74) is 21.7. The highest BCUT2D eigenvalue weighted by molar-refractivity contribution is 6.34. The Morgan fingerprint density at radius 1 is 0.581 bits per heavy atom. The lowest BCUT2D eigenvalue weighted by atomic mass is 9.90. The molecule has 0 heterocycles. The normalized spacial score (nSPS) is 11.3. The maximum Gasteiger partial charge on any atom is 0.0673 e. The van der Waals surface area contributed by atoms with Crippen molar-refractivity contribution >= 4 is 34.6 Å². The first-order chi connectivity index (χ1) is 14.9. The van der Waals surface area contributed by atoms with Crippen LogP contribution < -0.4 is 11.5 Å². The molecule has 0 aromatic heterocycles. The summed E-state index contributed by atoms with van der Waals surface area (Å²) in [5.74, 6) is 0. The first-order valence-electron chi connectivity index (χ1n) is 12.1. The van der Waals surface area contributed by atoms with Crippen LogP contribution >= 0.6 is 23.2 Å². The van der Waals surface area contributed by atoms with Gasteiger partial charge in [-0.05, 0) is 71.9 Å². The Hall–Kier alpha value is -1.38. The van der Waals surface area contributed by atoms with Crippen LogP contribution in [0.4, 0.5) is 11.4 Å². The predicted molar refractivity (Wildman–Crippen MR) is 140 cm³/mol. The molecule has 4 heteroatoms. The highest BCUT2D eigenvalue weighted by atomic mass is 35.5.